The van der Waals surface area contributed by atoms with Gasteiger partial charge in [0, 0.05) is 23.1 Å². The molecule has 0 saturated heterocycles. The van der Waals surface area contributed by atoms with Crippen LogP contribution in [0.3, 0.4) is 0 Å². The standard InChI is InChI=1S/C21H26N2O3S/c1-13-7-6-8-18-17(16(4)23-21(13)18)9-10-22-27(24,25)20-12-15(3)14(2)11-19(20)26-5/h6-8,11-12,22-23H,9-10H2,1-5H3. The first-order valence-electron chi connectivity index (χ1n) is 8.96. The van der Waals surface area contributed by atoms with E-state index in [4.69, 9.17) is 4.74 Å². The van der Waals surface area contributed by atoms with Crippen LogP contribution in [0.5, 0.6) is 5.75 Å². The molecule has 0 unspecified atom stereocenters. The lowest BCUT2D eigenvalue weighted by Crippen LogP contribution is -2.26. The molecule has 0 amide bonds. The van der Waals surface area contributed by atoms with Crippen LogP contribution in [0.25, 0.3) is 10.9 Å². The van der Waals surface area contributed by atoms with Crippen LogP contribution < -0.4 is 9.46 Å². The van der Waals surface area contributed by atoms with Gasteiger partial charge in [-0.15, -0.1) is 0 Å². The summed E-state index contributed by atoms with van der Waals surface area (Å²) in [6.45, 7) is 8.24. The highest BCUT2D eigenvalue weighted by atomic mass is 32.2. The molecule has 0 bridgehead atoms. The summed E-state index contributed by atoms with van der Waals surface area (Å²) in [6.07, 6.45) is 0.613. The first-order valence-corrected chi connectivity index (χ1v) is 10.4. The summed E-state index contributed by atoms with van der Waals surface area (Å²) in [4.78, 5) is 3.59. The molecule has 2 N–H and O–H groups in total. The molecule has 3 aromatic rings. The van der Waals surface area contributed by atoms with Gasteiger partial charge in [-0.3, -0.25) is 0 Å². The van der Waals surface area contributed by atoms with Crippen molar-refractivity contribution in [1.82, 2.24) is 9.71 Å². The summed E-state index contributed by atoms with van der Waals surface area (Å²) in [5.41, 5.74) is 6.42. The Bertz CT molecular complexity index is 1100. The number of aromatic amines is 1. The number of fused-ring (bicyclic) bond motifs is 1. The summed E-state index contributed by atoms with van der Waals surface area (Å²) in [6, 6.07) is 9.59. The molecule has 27 heavy (non-hydrogen) atoms. The number of H-pyrrole nitrogens is 1. The fourth-order valence-electron chi connectivity index (χ4n) is 3.39. The fourth-order valence-corrected chi connectivity index (χ4v) is 4.66. The Labute approximate surface area is 160 Å². The lowest BCUT2D eigenvalue weighted by molar-refractivity contribution is 0.402. The van der Waals surface area contributed by atoms with E-state index >= 15 is 0 Å². The molecule has 0 spiro atoms. The highest BCUT2D eigenvalue weighted by molar-refractivity contribution is 7.89. The van der Waals surface area contributed by atoms with E-state index in [1.54, 1.807) is 12.1 Å². The van der Waals surface area contributed by atoms with Gasteiger partial charge in [-0.2, -0.15) is 0 Å². The van der Waals surface area contributed by atoms with Crippen molar-refractivity contribution in [2.24, 2.45) is 0 Å². The van der Waals surface area contributed by atoms with Gasteiger partial charge in [0.1, 0.15) is 10.6 Å². The number of aromatic nitrogens is 1. The van der Waals surface area contributed by atoms with E-state index < -0.39 is 10.0 Å². The predicted octanol–water partition coefficient (Wildman–Crippen LogP) is 3.93. The Morgan fingerprint density at radius 3 is 2.44 bits per heavy atom. The van der Waals surface area contributed by atoms with E-state index in [-0.39, 0.29) is 4.90 Å². The van der Waals surface area contributed by atoms with Crippen LogP contribution >= 0.6 is 0 Å². The molecule has 0 fully saturated rings. The normalized spacial score (nSPS) is 11.9. The molecule has 0 saturated carbocycles. The van der Waals surface area contributed by atoms with Crippen molar-refractivity contribution < 1.29 is 13.2 Å². The number of sulfonamides is 1. The average Bonchev–Trinajstić information content (AvgIpc) is 2.94. The first-order chi connectivity index (χ1) is 12.7. The largest absolute Gasteiger partial charge is 0.495 e. The maximum atomic E-state index is 12.8. The van der Waals surface area contributed by atoms with E-state index in [1.165, 1.54) is 12.7 Å². The smallest absolute Gasteiger partial charge is 0.244 e. The maximum Gasteiger partial charge on any atom is 0.244 e. The average molecular weight is 387 g/mol. The number of benzene rings is 2. The van der Waals surface area contributed by atoms with Crippen molar-refractivity contribution >= 4 is 20.9 Å². The van der Waals surface area contributed by atoms with Crippen LogP contribution in [0.2, 0.25) is 0 Å². The van der Waals surface area contributed by atoms with Gasteiger partial charge in [0.25, 0.3) is 0 Å². The number of aryl methyl sites for hydroxylation is 4. The third kappa shape index (κ3) is 3.73. The van der Waals surface area contributed by atoms with Gasteiger partial charge in [-0.25, -0.2) is 13.1 Å². The predicted molar refractivity (Wildman–Crippen MR) is 109 cm³/mol. The molecule has 0 aliphatic carbocycles. The summed E-state index contributed by atoms with van der Waals surface area (Å²) < 4.78 is 33.6. The van der Waals surface area contributed by atoms with E-state index in [0.29, 0.717) is 18.7 Å². The Kier molecular flexibility index (Phi) is 5.31. The zero-order valence-electron chi connectivity index (χ0n) is 16.4. The van der Waals surface area contributed by atoms with Crippen molar-refractivity contribution in [1.29, 1.82) is 0 Å². The molecular formula is C21H26N2O3S. The van der Waals surface area contributed by atoms with Crippen molar-refractivity contribution in [3.8, 4) is 5.75 Å². The Morgan fingerprint density at radius 1 is 1.04 bits per heavy atom. The van der Waals surface area contributed by atoms with E-state index in [2.05, 4.69) is 28.8 Å². The van der Waals surface area contributed by atoms with Gasteiger partial charge < -0.3 is 9.72 Å². The zero-order chi connectivity index (χ0) is 19.8. The molecule has 0 atom stereocenters. The van der Waals surface area contributed by atoms with Gasteiger partial charge in [0.05, 0.1) is 7.11 Å². The van der Waals surface area contributed by atoms with Crippen LogP contribution in [-0.4, -0.2) is 27.1 Å². The van der Waals surface area contributed by atoms with E-state index in [9.17, 15) is 8.42 Å². The molecule has 144 valence electrons. The van der Waals surface area contributed by atoms with Gasteiger partial charge in [0.2, 0.25) is 10.0 Å². The highest BCUT2D eigenvalue weighted by Crippen LogP contribution is 2.28. The molecule has 5 nitrogen and oxygen atoms in total. The van der Waals surface area contributed by atoms with Crippen molar-refractivity contribution in [3.05, 3.63) is 58.3 Å². The van der Waals surface area contributed by atoms with Gasteiger partial charge in [-0.1, -0.05) is 18.2 Å². The van der Waals surface area contributed by atoms with Crippen molar-refractivity contribution in [3.63, 3.8) is 0 Å². The number of para-hydroxylation sites is 1. The Hall–Kier alpha value is -2.31. The fraction of sp³-hybridized carbons (Fsp3) is 0.333. The second-order valence-electron chi connectivity index (χ2n) is 6.96. The number of ether oxygens (including phenoxy) is 1. The summed E-state index contributed by atoms with van der Waals surface area (Å²) in [5.74, 6) is 0.365. The number of nitrogens with one attached hydrogen (secondary N) is 2. The molecule has 0 aliphatic rings. The SMILES string of the molecule is COc1cc(C)c(C)cc1S(=O)(=O)NCCc1c(C)[nH]c2c(C)cccc12. The minimum absolute atomic E-state index is 0.180. The van der Waals surface area contributed by atoms with Crippen LogP contribution in [0.15, 0.2) is 35.2 Å². The molecule has 0 radical (unpaired) electrons. The minimum atomic E-state index is -3.66. The summed E-state index contributed by atoms with van der Waals surface area (Å²) in [7, 11) is -2.17. The third-order valence-corrected chi connectivity index (χ3v) is 6.58. The molecule has 0 aliphatic heterocycles. The summed E-state index contributed by atoms with van der Waals surface area (Å²) in [5, 5.41) is 1.15. The molecule has 3 rings (SSSR count). The quantitative estimate of drug-likeness (QED) is 0.674. The van der Waals surface area contributed by atoms with E-state index in [1.807, 2.05) is 26.8 Å². The van der Waals surface area contributed by atoms with Crippen LogP contribution in [0.4, 0.5) is 0 Å². The Balaban J connectivity index is 1.83. The first kappa shape index (κ1) is 19.5. The van der Waals surface area contributed by atoms with Gasteiger partial charge in [-0.05, 0) is 68.5 Å². The second kappa shape index (κ2) is 7.37. The number of hydrogen-bond acceptors (Lipinski definition) is 3. The topological polar surface area (TPSA) is 71.2 Å². The minimum Gasteiger partial charge on any atom is -0.495 e. The molecular weight excluding hydrogens is 360 g/mol. The summed E-state index contributed by atoms with van der Waals surface area (Å²) >= 11 is 0. The zero-order valence-corrected chi connectivity index (χ0v) is 17.3. The maximum absolute atomic E-state index is 12.8. The molecule has 1 aromatic heterocycles. The van der Waals surface area contributed by atoms with Gasteiger partial charge in [0.15, 0.2) is 0 Å². The van der Waals surface area contributed by atoms with Gasteiger partial charge >= 0.3 is 0 Å². The molecule has 6 heteroatoms. The molecule has 1 heterocycles. The van der Waals surface area contributed by atoms with E-state index in [0.717, 1.165) is 33.3 Å². The lowest BCUT2D eigenvalue weighted by Gasteiger charge is -2.13. The third-order valence-electron chi connectivity index (χ3n) is 5.10. The van der Waals surface area contributed by atoms with Crippen LogP contribution in [-0.2, 0) is 16.4 Å². The number of hydrogen-bond donors (Lipinski definition) is 2. The van der Waals surface area contributed by atoms with Crippen LogP contribution in [0, 0.1) is 27.7 Å². The Morgan fingerprint density at radius 2 is 1.74 bits per heavy atom. The second-order valence-corrected chi connectivity index (χ2v) is 8.70. The van der Waals surface area contributed by atoms with Crippen molar-refractivity contribution in [2.75, 3.05) is 13.7 Å². The number of rotatable bonds is 6. The monoisotopic (exact) mass is 386 g/mol. The molecule has 2 aromatic carbocycles. The van der Waals surface area contributed by atoms with Crippen molar-refractivity contribution in [2.45, 2.75) is 39.0 Å². The lowest BCUT2D eigenvalue weighted by atomic mass is 10.1. The highest BCUT2D eigenvalue weighted by Gasteiger charge is 2.20. The number of methoxy groups -OCH3 is 1. The van der Waals surface area contributed by atoms with Crippen LogP contribution in [0.1, 0.15) is 27.9 Å².